The lowest BCUT2D eigenvalue weighted by molar-refractivity contribution is -0.142. The maximum absolute atomic E-state index is 14.7. The summed E-state index contributed by atoms with van der Waals surface area (Å²) in [6.45, 7) is -1.19. The lowest BCUT2D eigenvalue weighted by atomic mass is 10.0. The van der Waals surface area contributed by atoms with Crippen LogP contribution < -0.4 is 5.32 Å². The van der Waals surface area contributed by atoms with Crippen molar-refractivity contribution in [3.63, 3.8) is 0 Å². The van der Waals surface area contributed by atoms with Crippen molar-refractivity contribution >= 4 is 22.0 Å². The summed E-state index contributed by atoms with van der Waals surface area (Å²) in [6, 6.07) is 9.38. The van der Waals surface area contributed by atoms with Crippen molar-refractivity contribution in [2.45, 2.75) is 17.0 Å². The van der Waals surface area contributed by atoms with E-state index in [4.69, 9.17) is 9.84 Å². The molecule has 0 radical (unpaired) electrons. The Morgan fingerprint density at radius 1 is 1.19 bits per heavy atom. The largest absolute Gasteiger partial charge is 0.478 e. The number of rotatable bonds is 11. The number of carboxylic acid groups (broad SMARTS) is 1. The van der Waals surface area contributed by atoms with Crippen LogP contribution in [0.1, 0.15) is 12.0 Å². The van der Waals surface area contributed by atoms with Crippen LogP contribution in [0.3, 0.4) is 0 Å². The van der Waals surface area contributed by atoms with Gasteiger partial charge >= 0.3 is 11.9 Å². The standard InChI is InChI=1S/C23H22FN3O8S/c24-19-6-2-1-5-18(19)20-12-16(14-27(20)36(33,34)17-4-3-10-25-13-17)23(32,9-11-28)26-15-35-22(31)8-7-21(29)30/h1-8,10,12-14,26,28,32H,9,11,15H2,(H,29,30)/b8-7+. The molecule has 190 valence electrons. The normalized spacial score (nSPS) is 13.4. The molecule has 0 saturated carbocycles. The number of pyridine rings is 1. The highest BCUT2D eigenvalue weighted by Gasteiger charge is 2.33. The fourth-order valence-corrected chi connectivity index (χ4v) is 4.59. The average molecular weight is 520 g/mol. The third-order valence-electron chi connectivity index (χ3n) is 5.02. The highest BCUT2D eigenvalue weighted by Crippen LogP contribution is 2.33. The molecule has 1 atom stereocenters. The topological polar surface area (TPSA) is 168 Å². The summed E-state index contributed by atoms with van der Waals surface area (Å²) in [7, 11) is -4.30. The summed E-state index contributed by atoms with van der Waals surface area (Å²) >= 11 is 0. The van der Waals surface area contributed by atoms with Crippen LogP contribution >= 0.6 is 0 Å². The molecule has 0 amide bonds. The van der Waals surface area contributed by atoms with E-state index < -0.39 is 46.8 Å². The van der Waals surface area contributed by atoms with Crippen LogP contribution in [0, 0.1) is 5.82 Å². The number of aromatic nitrogens is 2. The van der Waals surface area contributed by atoms with E-state index in [1.165, 1.54) is 42.6 Å². The number of carbonyl (C=O) groups excluding carboxylic acids is 1. The van der Waals surface area contributed by atoms with Gasteiger partial charge in [-0.05, 0) is 30.3 Å². The second-order valence-electron chi connectivity index (χ2n) is 7.37. The van der Waals surface area contributed by atoms with E-state index in [0.717, 1.165) is 22.4 Å². The average Bonchev–Trinajstić information content (AvgIpc) is 3.31. The first kappa shape index (κ1) is 26.7. The molecule has 11 nitrogen and oxygen atoms in total. The number of hydrogen-bond donors (Lipinski definition) is 4. The summed E-state index contributed by atoms with van der Waals surface area (Å²) in [6.07, 6.45) is 4.40. The number of halogens is 1. The Bertz CT molecular complexity index is 1380. The molecule has 3 rings (SSSR count). The van der Waals surface area contributed by atoms with Gasteiger partial charge in [0, 0.05) is 54.9 Å². The van der Waals surface area contributed by atoms with E-state index in [0.29, 0.717) is 12.2 Å². The first-order valence-electron chi connectivity index (χ1n) is 10.4. The van der Waals surface area contributed by atoms with Crippen molar-refractivity contribution in [2.75, 3.05) is 13.3 Å². The van der Waals surface area contributed by atoms with Crippen molar-refractivity contribution in [3.8, 4) is 11.3 Å². The number of aliphatic carboxylic acids is 1. The lowest BCUT2D eigenvalue weighted by Gasteiger charge is -2.27. The van der Waals surface area contributed by atoms with Gasteiger partial charge in [0.1, 0.15) is 23.2 Å². The summed E-state index contributed by atoms with van der Waals surface area (Å²) < 4.78 is 47.0. The third kappa shape index (κ3) is 6.01. The number of esters is 1. The zero-order valence-electron chi connectivity index (χ0n) is 18.6. The molecule has 0 aliphatic heterocycles. The number of nitrogens with zero attached hydrogens (tertiary/aromatic N) is 2. The van der Waals surface area contributed by atoms with E-state index in [-0.39, 0.29) is 28.1 Å². The predicted molar refractivity (Wildman–Crippen MR) is 123 cm³/mol. The van der Waals surface area contributed by atoms with E-state index in [1.807, 2.05) is 0 Å². The smallest absolute Gasteiger partial charge is 0.332 e. The fourth-order valence-electron chi connectivity index (χ4n) is 3.26. The minimum atomic E-state index is -4.30. The summed E-state index contributed by atoms with van der Waals surface area (Å²) in [5.74, 6) is -3.11. The minimum Gasteiger partial charge on any atom is -0.478 e. The lowest BCUT2D eigenvalue weighted by Crippen LogP contribution is -2.44. The number of carboxylic acids is 1. The zero-order valence-corrected chi connectivity index (χ0v) is 19.4. The monoisotopic (exact) mass is 519 g/mol. The van der Waals surface area contributed by atoms with Crippen molar-refractivity contribution < 1.29 is 42.5 Å². The van der Waals surface area contributed by atoms with Crippen molar-refractivity contribution in [1.82, 2.24) is 14.3 Å². The molecule has 2 aromatic heterocycles. The molecule has 0 aliphatic rings. The number of aliphatic hydroxyl groups is 2. The third-order valence-corrected chi connectivity index (χ3v) is 6.68. The fraction of sp³-hybridized carbons (Fsp3) is 0.174. The van der Waals surface area contributed by atoms with Gasteiger partial charge in [0.05, 0.1) is 5.69 Å². The van der Waals surface area contributed by atoms with Gasteiger partial charge in [0.25, 0.3) is 10.0 Å². The van der Waals surface area contributed by atoms with Crippen molar-refractivity contribution in [1.29, 1.82) is 0 Å². The van der Waals surface area contributed by atoms with Gasteiger partial charge in [-0.25, -0.2) is 26.4 Å². The maximum atomic E-state index is 14.7. The first-order chi connectivity index (χ1) is 17.1. The van der Waals surface area contributed by atoms with Crippen molar-refractivity contribution in [2.24, 2.45) is 0 Å². The van der Waals surface area contributed by atoms with Gasteiger partial charge in [0.15, 0.2) is 0 Å². The molecule has 0 aliphatic carbocycles. The zero-order chi connectivity index (χ0) is 26.3. The van der Waals surface area contributed by atoms with E-state index >= 15 is 0 Å². The molecule has 1 unspecified atom stereocenters. The van der Waals surface area contributed by atoms with E-state index in [9.17, 15) is 32.6 Å². The van der Waals surface area contributed by atoms with Gasteiger partial charge in [-0.3, -0.25) is 10.3 Å². The Hall–Kier alpha value is -3.91. The maximum Gasteiger partial charge on any atom is 0.332 e. The molecule has 4 N–H and O–H groups in total. The van der Waals surface area contributed by atoms with Crippen LogP contribution in [-0.4, -0.2) is 58.0 Å². The van der Waals surface area contributed by atoms with Crippen LogP contribution in [0.5, 0.6) is 0 Å². The highest BCUT2D eigenvalue weighted by molar-refractivity contribution is 7.90. The number of hydrogen-bond acceptors (Lipinski definition) is 9. The van der Waals surface area contributed by atoms with Crippen LogP contribution in [-0.2, 0) is 30.1 Å². The molecule has 0 saturated heterocycles. The van der Waals surface area contributed by atoms with E-state index in [1.54, 1.807) is 0 Å². The number of benzene rings is 1. The Balaban J connectivity index is 2.05. The Morgan fingerprint density at radius 3 is 2.58 bits per heavy atom. The number of ether oxygens (including phenoxy) is 1. The highest BCUT2D eigenvalue weighted by atomic mass is 32.2. The van der Waals surface area contributed by atoms with Crippen molar-refractivity contribution in [3.05, 3.63) is 84.6 Å². The minimum absolute atomic E-state index is 0.0761. The molecule has 1 aromatic carbocycles. The molecule has 3 aromatic rings. The second-order valence-corrected chi connectivity index (χ2v) is 9.19. The number of carbonyl (C=O) groups is 2. The Kier molecular flexibility index (Phi) is 8.32. The number of aliphatic hydroxyl groups excluding tert-OH is 1. The number of nitrogens with one attached hydrogen (secondary N) is 1. The molecule has 0 bridgehead atoms. The van der Waals surface area contributed by atoms with Gasteiger partial charge in [-0.2, -0.15) is 0 Å². The summed E-state index contributed by atoms with van der Waals surface area (Å²) in [5.41, 5.74) is -2.40. The molecule has 0 fully saturated rings. The molecule has 13 heteroatoms. The predicted octanol–water partition coefficient (Wildman–Crippen LogP) is 1.18. The van der Waals surface area contributed by atoms with Crippen LogP contribution in [0.25, 0.3) is 11.3 Å². The summed E-state index contributed by atoms with van der Waals surface area (Å²) in [4.78, 5) is 25.7. The summed E-state index contributed by atoms with van der Waals surface area (Å²) in [5, 5.41) is 31.8. The van der Waals surface area contributed by atoms with Gasteiger partial charge in [-0.15, -0.1) is 0 Å². The van der Waals surface area contributed by atoms with Gasteiger partial charge in [-0.1, -0.05) is 12.1 Å². The molecule has 0 spiro atoms. The van der Waals surface area contributed by atoms with E-state index in [2.05, 4.69) is 10.3 Å². The van der Waals surface area contributed by atoms with Crippen LogP contribution in [0.2, 0.25) is 0 Å². The van der Waals surface area contributed by atoms with Gasteiger partial charge < -0.3 is 20.1 Å². The SMILES string of the molecule is O=C(O)/C=C/C(=O)OCNC(O)(CCO)c1cc(-c2ccccc2F)n(S(=O)(=O)c2cccnc2)c1. The second kappa shape index (κ2) is 11.2. The molecular formula is C23H22FN3O8S. The molecule has 36 heavy (non-hydrogen) atoms. The van der Waals surface area contributed by atoms with Crippen LogP contribution in [0.15, 0.2) is 78.1 Å². The first-order valence-corrected chi connectivity index (χ1v) is 11.8. The Morgan fingerprint density at radius 2 is 1.94 bits per heavy atom. The van der Waals surface area contributed by atoms with Gasteiger partial charge in [0.2, 0.25) is 0 Å². The quantitative estimate of drug-likeness (QED) is 0.164. The molecule has 2 heterocycles. The van der Waals surface area contributed by atoms with Crippen LogP contribution in [0.4, 0.5) is 4.39 Å². The Labute approximate surface area is 205 Å². The molecular weight excluding hydrogens is 497 g/mol.